The van der Waals surface area contributed by atoms with Crippen LogP contribution in [0.25, 0.3) is 5.69 Å². The first-order chi connectivity index (χ1) is 14.2. The van der Waals surface area contributed by atoms with Gasteiger partial charge in [0.15, 0.2) is 5.11 Å². The number of benzene rings is 1. The van der Waals surface area contributed by atoms with Crippen molar-refractivity contribution in [1.82, 2.24) is 15.1 Å². The largest absolute Gasteiger partial charge is 0.465 e. The van der Waals surface area contributed by atoms with Crippen LogP contribution in [0.2, 0.25) is 0 Å². The van der Waals surface area contributed by atoms with Gasteiger partial charge in [0.05, 0.1) is 18.4 Å². The average Bonchev–Trinajstić information content (AvgIpc) is 3.40. The van der Waals surface area contributed by atoms with E-state index >= 15 is 0 Å². The fourth-order valence-corrected chi connectivity index (χ4v) is 5.01. The second-order valence-electron chi connectivity index (χ2n) is 6.83. The van der Waals surface area contributed by atoms with E-state index in [4.69, 9.17) is 17.0 Å². The molecule has 8 heteroatoms. The monoisotopic (exact) mass is 426 g/mol. The van der Waals surface area contributed by atoms with Crippen molar-refractivity contribution in [3.63, 3.8) is 0 Å². The third-order valence-electron chi connectivity index (χ3n) is 4.95. The zero-order chi connectivity index (χ0) is 20.2. The van der Waals surface area contributed by atoms with E-state index in [1.54, 1.807) is 17.5 Å². The smallest absolute Gasteiger partial charge is 0.341 e. The number of thiocarbonyl (C=S) groups is 1. The van der Waals surface area contributed by atoms with Crippen LogP contribution in [-0.2, 0) is 24.1 Å². The first-order valence-electron chi connectivity index (χ1n) is 9.52. The molecular formula is C21H22N4O2S2. The summed E-state index contributed by atoms with van der Waals surface area (Å²) in [6, 6.07) is 10.0. The summed E-state index contributed by atoms with van der Waals surface area (Å²) < 4.78 is 6.83. The highest BCUT2D eigenvalue weighted by atomic mass is 32.1. The Morgan fingerprint density at radius 1 is 1.28 bits per heavy atom. The first kappa shape index (κ1) is 19.6. The third kappa shape index (κ3) is 4.33. The quantitative estimate of drug-likeness (QED) is 0.473. The number of methoxy groups -OCH3 is 1. The van der Waals surface area contributed by atoms with Crippen LogP contribution in [0.4, 0.5) is 5.00 Å². The molecule has 0 spiro atoms. The van der Waals surface area contributed by atoms with E-state index < -0.39 is 0 Å². The van der Waals surface area contributed by atoms with E-state index in [1.807, 2.05) is 41.2 Å². The molecule has 0 saturated carbocycles. The molecule has 0 amide bonds. The van der Waals surface area contributed by atoms with Crippen molar-refractivity contribution in [3.05, 3.63) is 64.3 Å². The van der Waals surface area contributed by atoms with E-state index in [0.717, 1.165) is 47.5 Å². The molecule has 150 valence electrons. The molecule has 0 bridgehead atoms. The highest BCUT2D eigenvalue weighted by molar-refractivity contribution is 7.80. The molecule has 29 heavy (non-hydrogen) atoms. The molecule has 1 aliphatic carbocycles. The van der Waals surface area contributed by atoms with Gasteiger partial charge in [0.2, 0.25) is 0 Å². The number of nitrogens with zero attached hydrogens (tertiary/aromatic N) is 2. The van der Waals surface area contributed by atoms with Crippen molar-refractivity contribution in [2.24, 2.45) is 0 Å². The van der Waals surface area contributed by atoms with Crippen LogP contribution < -0.4 is 10.6 Å². The van der Waals surface area contributed by atoms with Crippen LogP contribution in [0.1, 0.15) is 39.2 Å². The second-order valence-corrected chi connectivity index (χ2v) is 8.34. The summed E-state index contributed by atoms with van der Waals surface area (Å²) >= 11 is 7.07. The molecule has 3 aromatic rings. The molecule has 0 fully saturated rings. The van der Waals surface area contributed by atoms with E-state index in [2.05, 4.69) is 15.7 Å². The summed E-state index contributed by atoms with van der Waals surface area (Å²) in [6.45, 7) is 0.587. The molecule has 0 saturated heterocycles. The predicted octanol–water partition coefficient (Wildman–Crippen LogP) is 4.09. The van der Waals surface area contributed by atoms with Crippen LogP contribution in [0.3, 0.4) is 0 Å². The number of aryl methyl sites for hydroxylation is 1. The lowest BCUT2D eigenvalue weighted by molar-refractivity contribution is 0.0601. The number of aromatic nitrogens is 2. The third-order valence-corrected chi connectivity index (χ3v) is 6.40. The van der Waals surface area contributed by atoms with Crippen molar-refractivity contribution in [1.29, 1.82) is 0 Å². The number of carbonyl (C=O) groups excluding carboxylic acids is 1. The van der Waals surface area contributed by atoms with Gasteiger partial charge in [0, 0.05) is 23.8 Å². The lowest BCUT2D eigenvalue weighted by Gasteiger charge is -2.13. The van der Waals surface area contributed by atoms with Gasteiger partial charge in [0.1, 0.15) is 5.00 Å². The molecule has 2 N–H and O–H groups in total. The van der Waals surface area contributed by atoms with Crippen LogP contribution in [0, 0.1) is 0 Å². The van der Waals surface area contributed by atoms with E-state index in [9.17, 15) is 4.79 Å². The van der Waals surface area contributed by atoms with E-state index in [1.165, 1.54) is 12.0 Å². The number of anilines is 1. The van der Waals surface area contributed by atoms with Crippen LogP contribution in [0.15, 0.2) is 42.7 Å². The predicted molar refractivity (Wildman–Crippen MR) is 119 cm³/mol. The Morgan fingerprint density at radius 3 is 2.79 bits per heavy atom. The maximum Gasteiger partial charge on any atom is 0.341 e. The minimum absolute atomic E-state index is 0.302. The van der Waals surface area contributed by atoms with Gasteiger partial charge in [-0.15, -0.1) is 11.3 Å². The summed E-state index contributed by atoms with van der Waals surface area (Å²) in [5, 5.41) is 11.9. The van der Waals surface area contributed by atoms with Gasteiger partial charge >= 0.3 is 5.97 Å². The Morgan fingerprint density at radius 2 is 2.07 bits per heavy atom. The molecule has 0 atom stereocenters. The number of thiophene rings is 1. The molecule has 0 radical (unpaired) electrons. The Kier molecular flexibility index (Phi) is 5.92. The summed E-state index contributed by atoms with van der Waals surface area (Å²) in [6.07, 6.45) is 7.85. The van der Waals surface area contributed by atoms with Gasteiger partial charge < -0.3 is 15.4 Å². The standard InChI is InChI=1S/C21H22N4O2S2/c1-27-20(26)18-16-5-2-3-6-17(16)29-19(18)24-21(28)22-13-14-7-9-15(10-8-14)25-12-4-11-23-25/h4,7-12H,2-3,5-6,13H2,1H3,(H2,22,24,28). The number of rotatable bonds is 5. The minimum Gasteiger partial charge on any atom is -0.465 e. The van der Waals surface area contributed by atoms with Gasteiger partial charge in [-0.05, 0) is 67.2 Å². The van der Waals surface area contributed by atoms with Gasteiger partial charge in [0.25, 0.3) is 0 Å². The number of hydrogen-bond acceptors (Lipinski definition) is 5. The maximum absolute atomic E-state index is 12.3. The van der Waals surface area contributed by atoms with Crippen molar-refractivity contribution in [3.8, 4) is 5.69 Å². The van der Waals surface area contributed by atoms with Gasteiger partial charge in [-0.3, -0.25) is 0 Å². The number of nitrogens with one attached hydrogen (secondary N) is 2. The lowest BCUT2D eigenvalue weighted by Crippen LogP contribution is -2.28. The average molecular weight is 427 g/mol. The lowest BCUT2D eigenvalue weighted by atomic mass is 9.95. The Hall–Kier alpha value is -2.71. The summed E-state index contributed by atoms with van der Waals surface area (Å²) in [5.74, 6) is -0.302. The Balaban J connectivity index is 1.41. The SMILES string of the molecule is COC(=O)c1c(NC(=S)NCc2ccc(-n3cccn3)cc2)sc2c1CCCC2. The summed E-state index contributed by atoms with van der Waals surface area (Å²) in [4.78, 5) is 13.6. The normalized spacial score (nSPS) is 12.9. The Bertz CT molecular complexity index is 1010. The van der Waals surface area contributed by atoms with Crippen molar-refractivity contribution in [2.45, 2.75) is 32.2 Å². The van der Waals surface area contributed by atoms with Crippen LogP contribution >= 0.6 is 23.6 Å². The van der Waals surface area contributed by atoms with Crippen LogP contribution in [-0.4, -0.2) is 28.0 Å². The minimum atomic E-state index is -0.302. The Labute approximate surface area is 178 Å². The maximum atomic E-state index is 12.3. The molecule has 6 nitrogen and oxygen atoms in total. The number of hydrogen-bond donors (Lipinski definition) is 2. The topological polar surface area (TPSA) is 68.2 Å². The number of fused-ring (bicyclic) bond motifs is 1. The second kappa shape index (κ2) is 8.75. The van der Waals surface area contributed by atoms with Crippen LogP contribution in [0.5, 0.6) is 0 Å². The van der Waals surface area contributed by atoms with E-state index in [0.29, 0.717) is 17.2 Å². The molecule has 4 rings (SSSR count). The van der Waals surface area contributed by atoms with E-state index in [-0.39, 0.29) is 5.97 Å². The molecule has 0 aliphatic heterocycles. The number of esters is 1. The molecular weight excluding hydrogens is 404 g/mol. The number of ether oxygens (including phenoxy) is 1. The summed E-state index contributed by atoms with van der Waals surface area (Å²) in [7, 11) is 1.42. The van der Waals surface area contributed by atoms with Crippen molar-refractivity contribution >= 4 is 39.6 Å². The fraction of sp³-hybridized carbons (Fsp3) is 0.286. The van der Waals surface area contributed by atoms with Crippen molar-refractivity contribution in [2.75, 3.05) is 12.4 Å². The highest BCUT2D eigenvalue weighted by Crippen LogP contribution is 2.38. The molecule has 1 aromatic carbocycles. The molecule has 2 heterocycles. The van der Waals surface area contributed by atoms with Crippen molar-refractivity contribution < 1.29 is 9.53 Å². The summed E-state index contributed by atoms with van der Waals surface area (Å²) in [5.41, 5.74) is 3.86. The fourth-order valence-electron chi connectivity index (χ4n) is 3.49. The van der Waals surface area contributed by atoms with Gasteiger partial charge in [-0.2, -0.15) is 5.10 Å². The molecule has 1 aliphatic rings. The van der Waals surface area contributed by atoms with Gasteiger partial charge in [-0.25, -0.2) is 9.48 Å². The number of carbonyl (C=O) groups is 1. The molecule has 0 unspecified atom stereocenters. The zero-order valence-corrected chi connectivity index (χ0v) is 17.7. The zero-order valence-electron chi connectivity index (χ0n) is 16.1. The molecule has 2 aromatic heterocycles. The highest BCUT2D eigenvalue weighted by Gasteiger charge is 2.26. The van der Waals surface area contributed by atoms with Gasteiger partial charge in [-0.1, -0.05) is 12.1 Å². The first-order valence-corrected chi connectivity index (χ1v) is 10.7.